The van der Waals surface area contributed by atoms with Crippen molar-refractivity contribution in [1.29, 1.82) is 0 Å². The zero-order chi connectivity index (χ0) is 18.8. The second-order valence-electron chi connectivity index (χ2n) is 6.39. The molecule has 0 aliphatic heterocycles. The van der Waals surface area contributed by atoms with E-state index in [9.17, 15) is 0 Å². The van der Waals surface area contributed by atoms with E-state index in [1.165, 1.54) is 0 Å². The zero-order valence-corrected chi connectivity index (χ0v) is 16.7. The Hall–Kier alpha value is -2.72. The van der Waals surface area contributed by atoms with Crippen LogP contribution >= 0.6 is 0 Å². The average Bonchev–Trinajstić information content (AvgIpc) is 2.70. The average molecular weight is 379 g/mol. The minimum Gasteiger partial charge on any atom is -0.483 e. The molecule has 0 bridgehead atoms. The molecular weight excluding hydrogens is 352 g/mol. The van der Waals surface area contributed by atoms with E-state index in [0.717, 1.165) is 42.6 Å². The predicted octanol–water partition coefficient (Wildman–Crippen LogP) is 6.35. The molecule has 0 atom stereocenters. The quantitative estimate of drug-likeness (QED) is 0.304. The van der Waals surface area contributed by atoms with E-state index in [0.29, 0.717) is 0 Å². The molecule has 4 heteroatoms. The van der Waals surface area contributed by atoms with Gasteiger partial charge in [-0.05, 0) is 42.8 Å². The van der Waals surface area contributed by atoms with Crippen LogP contribution in [0.1, 0.15) is 26.2 Å². The van der Waals surface area contributed by atoms with Crippen LogP contribution < -0.4 is 13.3 Å². The van der Waals surface area contributed by atoms with Gasteiger partial charge in [0.2, 0.25) is 0 Å². The van der Waals surface area contributed by atoms with Crippen LogP contribution in [-0.4, -0.2) is 8.80 Å². The number of hydrogen-bond acceptors (Lipinski definition) is 3. The van der Waals surface area contributed by atoms with E-state index in [2.05, 4.69) is 6.92 Å². The Morgan fingerprint density at radius 2 is 0.926 bits per heavy atom. The molecular formula is C23H26O3Si. The number of rotatable bonds is 10. The normalized spacial score (nSPS) is 11.0. The zero-order valence-electron chi connectivity index (χ0n) is 15.7. The van der Waals surface area contributed by atoms with E-state index < -0.39 is 8.80 Å². The van der Waals surface area contributed by atoms with Crippen LogP contribution in [0.2, 0.25) is 6.04 Å². The smallest absolute Gasteiger partial charge is 0.483 e. The van der Waals surface area contributed by atoms with Gasteiger partial charge in [-0.15, -0.1) is 0 Å². The highest BCUT2D eigenvalue weighted by atomic mass is 28.4. The maximum absolute atomic E-state index is 6.45. The Morgan fingerprint density at radius 1 is 0.556 bits per heavy atom. The third kappa shape index (κ3) is 5.90. The van der Waals surface area contributed by atoms with E-state index in [1.807, 2.05) is 91.0 Å². The van der Waals surface area contributed by atoms with Crippen molar-refractivity contribution in [3.63, 3.8) is 0 Å². The molecule has 0 radical (unpaired) electrons. The first-order valence-corrected chi connectivity index (χ1v) is 11.4. The molecule has 0 aromatic heterocycles. The molecule has 0 unspecified atom stereocenters. The Bertz CT molecular complexity index is 677. The largest absolute Gasteiger partial charge is 0.699 e. The Kier molecular flexibility index (Phi) is 6.94. The molecule has 0 saturated carbocycles. The summed E-state index contributed by atoms with van der Waals surface area (Å²) in [6.45, 7) is 2.19. The minimum absolute atomic E-state index is 0.750. The van der Waals surface area contributed by atoms with Crippen molar-refractivity contribution in [2.75, 3.05) is 0 Å². The molecule has 0 N–H and O–H groups in total. The lowest BCUT2D eigenvalue weighted by atomic mass is 10.3. The summed E-state index contributed by atoms with van der Waals surface area (Å²) in [5.41, 5.74) is 0. The van der Waals surface area contributed by atoms with Gasteiger partial charge in [0, 0.05) is 0 Å². The van der Waals surface area contributed by atoms with Gasteiger partial charge in [0.1, 0.15) is 17.2 Å². The summed E-state index contributed by atoms with van der Waals surface area (Å²) >= 11 is 0. The van der Waals surface area contributed by atoms with E-state index in [4.69, 9.17) is 13.3 Å². The van der Waals surface area contributed by atoms with E-state index >= 15 is 0 Å². The van der Waals surface area contributed by atoms with Gasteiger partial charge in [0.15, 0.2) is 0 Å². The predicted molar refractivity (Wildman–Crippen MR) is 111 cm³/mol. The van der Waals surface area contributed by atoms with Gasteiger partial charge in [-0.3, -0.25) is 0 Å². The van der Waals surface area contributed by atoms with E-state index in [-0.39, 0.29) is 0 Å². The van der Waals surface area contributed by atoms with Gasteiger partial charge < -0.3 is 13.3 Å². The summed E-state index contributed by atoms with van der Waals surface area (Å²) in [5.74, 6) is 2.31. The van der Waals surface area contributed by atoms with Crippen molar-refractivity contribution in [3.8, 4) is 17.2 Å². The van der Waals surface area contributed by atoms with Gasteiger partial charge in [-0.25, -0.2) is 0 Å². The highest BCUT2D eigenvalue weighted by Crippen LogP contribution is 2.28. The summed E-state index contributed by atoms with van der Waals surface area (Å²) in [4.78, 5) is 0. The second kappa shape index (κ2) is 9.83. The van der Waals surface area contributed by atoms with E-state index in [1.54, 1.807) is 0 Å². The Morgan fingerprint density at radius 3 is 1.26 bits per heavy atom. The van der Waals surface area contributed by atoms with Crippen molar-refractivity contribution in [3.05, 3.63) is 91.0 Å². The van der Waals surface area contributed by atoms with Crippen molar-refractivity contribution in [2.45, 2.75) is 32.2 Å². The second-order valence-corrected chi connectivity index (χ2v) is 8.86. The van der Waals surface area contributed by atoms with Gasteiger partial charge in [-0.1, -0.05) is 74.4 Å². The summed E-state index contributed by atoms with van der Waals surface area (Å²) < 4.78 is 19.4. The van der Waals surface area contributed by atoms with Crippen LogP contribution in [0.15, 0.2) is 91.0 Å². The molecule has 0 fully saturated rings. The number of para-hydroxylation sites is 3. The highest BCUT2D eigenvalue weighted by Gasteiger charge is 2.48. The fraction of sp³-hybridized carbons (Fsp3) is 0.217. The maximum Gasteiger partial charge on any atom is 0.699 e. The molecule has 3 aromatic rings. The van der Waals surface area contributed by atoms with Gasteiger partial charge in [0.25, 0.3) is 0 Å². The molecule has 0 heterocycles. The third-order valence-corrected chi connectivity index (χ3v) is 6.74. The molecule has 0 aliphatic rings. The van der Waals surface area contributed by atoms with Crippen molar-refractivity contribution in [2.24, 2.45) is 0 Å². The van der Waals surface area contributed by atoms with Crippen LogP contribution in [0.4, 0.5) is 0 Å². The number of unbranched alkanes of at least 4 members (excludes halogenated alkanes) is 2. The lowest BCUT2D eigenvalue weighted by molar-refractivity contribution is 0.258. The van der Waals surface area contributed by atoms with Crippen LogP contribution in [-0.2, 0) is 0 Å². The first kappa shape index (κ1) is 19.0. The van der Waals surface area contributed by atoms with Crippen LogP contribution in [0, 0.1) is 0 Å². The molecule has 0 amide bonds. The van der Waals surface area contributed by atoms with Crippen LogP contribution in [0.25, 0.3) is 0 Å². The molecule has 3 nitrogen and oxygen atoms in total. The first-order chi connectivity index (χ1) is 13.3. The van der Waals surface area contributed by atoms with Crippen molar-refractivity contribution >= 4 is 8.80 Å². The fourth-order valence-corrected chi connectivity index (χ4v) is 5.41. The molecule has 27 heavy (non-hydrogen) atoms. The monoisotopic (exact) mass is 378 g/mol. The molecule has 0 spiro atoms. The lowest BCUT2D eigenvalue weighted by Gasteiger charge is -2.30. The first-order valence-electron chi connectivity index (χ1n) is 9.52. The van der Waals surface area contributed by atoms with Crippen LogP contribution in [0.3, 0.4) is 0 Å². The van der Waals surface area contributed by atoms with Crippen molar-refractivity contribution in [1.82, 2.24) is 0 Å². The fourth-order valence-electron chi connectivity index (χ4n) is 2.81. The summed E-state index contributed by atoms with van der Waals surface area (Å²) in [7, 11) is -3.06. The molecule has 0 aliphatic carbocycles. The maximum atomic E-state index is 6.45. The third-order valence-electron chi connectivity index (χ3n) is 4.14. The standard InChI is InChI=1S/C23H26O3Si/c1-2-3-13-20-27(24-21-14-7-4-8-15-21,25-22-16-9-5-10-17-22)26-23-18-11-6-12-19-23/h4-12,14-19H,2-3,13,20H2,1H3. The van der Waals surface area contributed by atoms with Crippen molar-refractivity contribution < 1.29 is 13.3 Å². The van der Waals surface area contributed by atoms with Gasteiger partial charge >= 0.3 is 8.80 Å². The molecule has 140 valence electrons. The van der Waals surface area contributed by atoms with Gasteiger partial charge in [-0.2, -0.15) is 0 Å². The lowest BCUT2D eigenvalue weighted by Crippen LogP contribution is -2.54. The Balaban J connectivity index is 1.93. The molecule has 3 rings (SSSR count). The minimum atomic E-state index is -3.06. The van der Waals surface area contributed by atoms with Gasteiger partial charge in [0.05, 0.1) is 6.04 Å². The molecule has 0 saturated heterocycles. The van der Waals surface area contributed by atoms with Crippen LogP contribution in [0.5, 0.6) is 17.2 Å². The topological polar surface area (TPSA) is 27.7 Å². The summed E-state index contributed by atoms with van der Waals surface area (Å²) in [5, 5.41) is 0. The number of benzene rings is 3. The number of hydrogen-bond donors (Lipinski definition) is 0. The molecule has 3 aromatic carbocycles. The SMILES string of the molecule is CCCCC[Si](Oc1ccccc1)(Oc1ccccc1)Oc1ccccc1. The Labute approximate surface area is 162 Å². The highest BCUT2D eigenvalue weighted by molar-refractivity contribution is 6.63. The summed E-state index contributed by atoms with van der Waals surface area (Å²) in [6.07, 6.45) is 3.24. The summed E-state index contributed by atoms with van der Waals surface area (Å²) in [6, 6.07) is 30.2.